The van der Waals surface area contributed by atoms with Crippen LogP contribution in [0.5, 0.6) is 5.75 Å². The van der Waals surface area contributed by atoms with Gasteiger partial charge in [-0.15, -0.1) is 0 Å². The summed E-state index contributed by atoms with van der Waals surface area (Å²) in [6.07, 6.45) is -1.07. The third kappa shape index (κ3) is 2.85. The lowest BCUT2D eigenvalue weighted by molar-refractivity contribution is 0.0522. The highest BCUT2D eigenvalue weighted by Crippen LogP contribution is 2.26. The summed E-state index contributed by atoms with van der Waals surface area (Å²) in [5.41, 5.74) is 5.65. The van der Waals surface area contributed by atoms with Crippen molar-refractivity contribution in [2.75, 3.05) is 18.9 Å². The summed E-state index contributed by atoms with van der Waals surface area (Å²) < 4.78 is 5.07. The standard InChI is InChI=1S/C10H13NO5/c11-8-3-1-2-7(10(14)15)9(8)16-5-6(13)4-12/h1-3,6,12-13H,4-5,11H2,(H,14,15). The van der Waals surface area contributed by atoms with Crippen molar-refractivity contribution in [2.24, 2.45) is 0 Å². The van der Waals surface area contributed by atoms with Crippen molar-refractivity contribution in [2.45, 2.75) is 6.10 Å². The van der Waals surface area contributed by atoms with Gasteiger partial charge in [-0.3, -0.25) is 0 Å². The molecule has 0 amide bonds. The molecule has 0 spiro atoms. The number of aromatic carboxylic acids is 1. The maximum Gasteiger partial charge on any atom is 0.339 e. The van der Waals surface area contributed by atoms with E-state index in [9.17, 15) is 4.79 Å². The van der Waals surface area contributed by atoms with Crippen LogP contribution in [0.1, 0.15) is 10.4 Å². The lowest BCUT2D eigenvalue weighted by Crippen LogP contribution is -2.22. The Morgan fingerprint density at radius 1 is 1.50 bits per heavy atom. The van der Waals surface area contributed by atoms with E-state index in [-0.39, 0.29) is 23.6 Å². The molecule has 0 fully saturated rings. The molecule has 1 unspecified atom stereocenters. The number of benzene rings is 1. The summed E-state index contributed by atoms with van der Waals surface area (Å²) in [7, 11) is 0. The number of ether oxygens (including phenoxy) is 1. The molecule has 0 bridgehead atoms. The van der Waals surface area contributed by atoms with Crippen LogP contribution in [0.15, 0.2) is 18.2 Å². The molecule has 0 saturated carbocycles. The summed E-state index contributed by atoms with van der Waals surface area (Å²) in [6.45, 7) is -0.680. The van der Waals surface area contributed by atoms with Crippen molar-refractivity contribution in [1.82, 2.24) is 0 Å². The average molecular weight is 227 g/mol. The van der Waals surface area contributed by atoms with E-state index in [1.807, 2.05) is 0 Å². The van der Waals surface area contributed by atoms with Crippen LogP contribution in [0.2, 0.25) is 0 Å². The molecule has 6 nitrogen and oxygen atoms in total. The molecule has 5 N–H and O–H groups in total. The largest absolute Gasteiger partial charge is 0.488 e. The molecule has 16 heavy (non-hydrogen) atoms. The zero-order valence-electron chi connectivity index (χ0n) is 8.46. The number of carbonyl (C=O) groups is 1. The Morgan fingerprint density at radius 2 is 2.19 bits per heavy atom. The normalized spacial score (nSPS) is 12.1. The van der Waals surface area contributed by atoms with Crippen LogP contribution in [0.4, 0.5) is 5.69 Å². The fourth-order valence-corrected chi connectivity index (χ4v) is 1.12. The second kappa shape index (κ2) is 5.34. The van der Waals surface area contributed by atoms with Gasteiger partial charge >= 0.3 is 5.97 Å². The number of nitrogens with two attached hydrogens (primary N) is 1. The van der Waals surface area contributed by atoms with Gasteiger partial charge in [-0.2, -0.15) is 0 Å². The second-order valence-electron chi connectivity index (χ2n) is 3.18. The van der Waals surface area contributed by atoms with Gasteiger partial charge in [-0.25, -0.2) is 4.79 Å². The molecule has 88 valence electrons. The van der Waals surface area contributed by atoms with Gasteiger partial charge in [0.05, 0.1) is 12.3 Å². The molecule has 1 aromatic rings. The van der Waals surface area contributed by atoms with Gasteiger partial charge in [-0.05, 0) is 12.1 Å². The van der Waals surface area contributed by atoms with Gasteiger partial charge in [0.25, 0.3) is 0 Å². The van der Waals surface area contributed by atoms with Crippen LogP contribution in [0, 0.1) is 0 Å². The van der Waals surface area contributed by atoms with Crippen LogP contribution in [-0.2, 0) is 0 Å². The fraction of sp³-hybridized carbons (Fsp3) is 0.300. The van der Waals surface area contributed by atoms with Crippen molar-refractivity contribution in [1.29, 1.82) is 0 Å². The predicted octanol–water partition coefficient (Wildman–Crippen LogP) is -0.301. The average Bonchev–Trinajstić information content (AvgIpc) is 2.26. The third-order valence-corrected chi connectivity index (χ3v) is 1.91. The molecule has 0 aliphatic rings. The molecular formula is C10H13NO5. The smallest absolute Gasteiger partial charge is 0.339 e. The first-order valence-electron chi connectivity index (χ1n) is 4.59. The number of para-hydroxylation sites is 1. The van der Waals surface area contributed by atoms with Crippen molar-refractivity contribution >= 4 is 11.7 Å². The molecule has 1 aromatic carbocycles. The van der Waals surface area contributed by atoms with Crippen LogP contribution >= 0.6 is 0 Å². The Morgan fingerprint density at radius 3 is 2.75 bits per heavy atom. The first kappa shape index (κ1) is 12.3. The maximum atomic E-state index is 10.8. The molecular weight excluding hydrogens is 214 g/mol. The molecule has 1 atom stereocenters. The summed E-state index contributed by atoms with van der Waals surface area (Å²) >= 11 is 0. The Hall–Kier alpha value is -1.79. The molecule has 0 radical (unpaired) electrons. The Kier molecular flexibility index (Phi) is 4.10. The summed E-state index contributed by atoms with van der Waals surface area (Å²) in [5, 5.41) is 26.5. The SMILES string of the molecule is Nc1cccc(C(=O)O)c1OCC(O)CO. The van der Waals surface area contributed by atoms with E-state index in [2.05, 4.69) is 0 Å². The van der Waals surface area contributed by atoms with Gasteiger partial charge in [0.1, 0.15) is 18.3 Å². The fourth-order valence-electron chi connectivity index (χ4n) is 1.12. The van der Waals surface area contributed by atoms with E-state index in [0.717, 1.165) is 0 Å². The molecule has 0 aromatic heterocycles. The monoisotopic (exact) mass is 227 g/mol. The number of anilines is 1. The van der Waals surface area contributed by atoms with Crippen LogP contribution in [0.25, 0.3) is 0 Å². The Labute approximate surface area is 91.9 Å². The summed E-state index contributed by atoms with van der Waals surface area (Å²) in [5.74, 6) is -1.16. The quantitative estimate of drug-likeness (QED) is 0.513. The van der Waals surface area contributed by atoms with Crippen molar-refractivity contribution in [3.63, 3.8) is 0 Å². The molecule has 6 heteroatoms. The lowest BCUT2D eigenvalue weighted by Gasteiger charge is -2.13. The highest BCUT2D eigenvalue weighted by molar-refractivity contribution is 5.93. The molecule has 0 saturated heterocycles. The zero-order chi connectivity index (χ0) is 12.1. The number of aliphatic hydroxyl groups is 2. The predicted molar refractivity (Wildman–Crippen MR) is 56.4 cm³/mol. The van der Waals surface area contributed by atoms with Crippen LogP contribution < -0.4 is 10.5 Å². The Bertz CT molecular complexity index is 379. The highest BCUT2D eigenvalue weighted by Gasteiger charge is 2.15. The van der Waals surface area contributed by atoms with E-state index in [4.69, 9.17) is 25.8 Å². The number of hydrogen-bond donors (Lipinski definition) is 4. The van der Waals surface area contributed by atoms with E-state index in [1.54, 1.807) is 0 Å². The van der Waals surface area contributed by atoms with Crippen molar-refractivity contribution in [3.8, 4) is 5.75 Å². The van der Waals surface area contributed by atoms with E-state index in [1.165, 1.54) is 18.2 Å². The van der Waals surface area contributed by atoms with Gasteiger partial charge in [0, 0.05) is 0 Å². The van der Waals surface area contributed by atoms with Crippen molar-refractivity contribution in [3.05, 3.63) is 23.8 Å². The minimum atomic E-state index is -1.17. The van der Waals surface area contributed by atoms with Gasteiger partial charge in [0.15, 0.2) is 5.75 Å². The molecule has 1 rings (SSSR count). The Balaban J connectivity index is 2.88. The number of carboxylic acid groups (broad SMARTS) is 1. The summed E-state index contributed by atoms with van der Waals surface area (Å²) in [4.78, 5) is 10.8. The molecule has 0 aliphatic carbocycles. The third-order valence-electron chi connectivity index (χ3n) is 1.91. The van der Waals surface area contributed by atoms with Gasteiger partial charge in [0.2, 0.25) is 0 Å². The van der Waals surface area contributed by atoms with Crippen LogP contribution in [0.3, 0.4) is 0 Å². The number of aliphatic hydroxyl groups excluding tert-OH is 2. The highest BCUT2D eigenvalue weighted by atomic mass is 16.5. The topological polar surface area (TPSA) is 113 Å². The number of rotatable bonds is 5. The lowest BCUT2D eigenvalue weighted by atomic mass is 10.2. The zero-order valence-corrected chi connectivity index (χ0v) is 8.46. The van der Waals surface area contributed by atoms with E-state index >= 15 is 0 Å². The number of carboxylic acids is 1. The second-order valence-corrected chi connectivity index (χ2v) is 3.18. The number of hydrogen-bond acceptors (Lipinski definition) is 5. The van der Waals surface area contributed by atoms with Crippen molar-refractivity contribution < 1.29 is 24.9 Å². The minimum Gasteiger partial charge on any atom is -0.488 e. The van der Waals surface area contributed by atoms with E-state index in [0.29, 0.717) is 0 Å². The molecule has 0 heterocycles. The summed E-state index contributed by atoms with van der Waals surface area (Å²) in [6, 6.07) is 4.33. The van der Waals surface area contributed by atoms with Gasteiger partial charge in [-0.1, -0.05) is 6.07 Å². The van der Waals surface area contributed by atoms with E-state index < -0.39 is 18.7 Å². The maximum absolute atomic E-state index is 10.8. The van der Waals surface area contributed by atoms with Crippen LogP contribution in [-0.4, -0.2) is 40.6 Å². The number of nitrogen functional groups attached to an aromatic ring is 1. The first-order chi connectivity index (χ1) is 7.56. The minimum absolute atomic E-state index is 0.00231. The molecule has 0 aliphatic heterocycles. The first-order valence-corrected chi connectivity index (χ1v) is 4.59. The van der Waals surface area contributed by atoms with Gasteiger partial charge < -0.3 is 25.8 Å².